The van der Waals surface area contributed by atoms with Gasteiger partial charge in [-0.25, -0.2) is 4.98 Å². The van der Waals surface area contributed by atoms with E-state index in [9.17, 15) is 0 Å². The Morgan fingerprint density at radius 3 is 2.81 bits per heavy atom. The molecule has 2 aromatic rings. The summed E-state index contributed by atoms with van der Waals surface area (Å²) in [6.45, 7) is 4.20. The van der Waals surface area contributed by atoms with E-state index in [1.807, 2.05) is 13.1 Å². The van der Waals surface area contributed by atoms with Gasteiger partial charge < -0.3 is 5.73 Å². The van der Waals surface area contributed by atoms with Crippen molar-refractivity contribution in [3.63, 3.8) is 0 Å². The lowest BCUT2D eigenvalue weighted by atomic mass is 9.95. The summed E-state index contributed by atoms with van der Waals surface area (Å²) in [4.78, 5) is 6.92. The van der Waals surface area contributed by atoms with E-state index in [2.05, 4.69) is 46.3 Å². The van der Waals surface area contributed by atoms with E-state index < -0.39 is 0 Å². The number of nitrogens with zero attached hydrogens (tertiary/aromatic N) is 2. The van der Waals surface area contributed by atoms with Gasteiger partial charge >= 0.3 is 0 Å². The molecule has 2 heterocycles. The molecule has 0 unspecified atom stereocenters. The fourth-order valence-corrected chi connectivity index (χ4v) is 3.16. The summed E-state index contributed by atoms with van der Waals surface area (Å²) in [6.07, 6.45) is 5.73. The van der Waals surface area contributed by atoms with E-state index in [4.69, 9.17) is 5.73 Å². The van der Waals surface area contributed by atoms with Crippen molar-refractivity contribution in [2.24, 2.45) is 0 Å². The molecule has 1 fully saturated rings. The second kappa shape index (κ2) is 6.27. The highest BCUT2D eigenvalue weighted by Gasteiger charge is 2.24. The van der Waals surface area contributed by atoms with Gasteiger partial charge in [-0.1, -0.05) is 36.8 Å². The van der Waals surface area contributed by atoms with E-state index in [1.54, 1.807) is 0 Å². The third-order valence-corrected chi connectivity index (χ3v) is 4.37. The molecular formula is C18H23N3. The van der Waals surface area contributed by atoms with Gasteiger partial charge in [0.25, 0.3) is 0 Å². The second-order valence-electron chi connectivity index (χ2n) is 5.94. The molecule has 3 rings (SSSR count). The van der Waals surface area contributed by atoms with Crippen LogP contribution in [0.25, 0.3) is 0 Å². The molecule has 1 aliphatic heterocycles. The predicted molar refractivity (Wildman–Crippen MR) is 86.8 cm³/mol. The average molecular weight is 281 g/mol. The smallest absolute Gasteiger partial charge is 0.126 e. The standard InChI is InChI=1S/C18H23N3/c1-14-11-16(12-20-18(14)19)17-9-5-6-10-21(17)13-15-7-3-2-4-8-15/h2-4,7-8,11-12,17H,5-6,9-10,13H2,1H3,(H2,19,20)/t17-/m1/s1. The van der Waals surface area contributed by atoms with Crippen LogP contribution < -0.4 is 5.73 Å². The van der Waals surface area contributed by atoms with Crippen LogP contribution in [-0.2, 0) is 6.54 Å². The zero-order chi connectivity index (χ0) is 14.7. The zero-order valence-corrected chi connectivity index (χ0v) is 12.6. The van der Waals surface area contributed by atoms with Crippen LogP contribution in [0.2, 0.25) is 0 Å². The quantitative estimate of drug-likeness (QED) is 0.932. The molecule has 0 spiro atoms. The summed E-state index contributed by atoms with van der Waals surface area (Å²) < 4.78 is 0. The van der Waals surface area contributed by atoms with Gasteiger partial charge in [0.1, 0.15) is 5.82 Å². The molecule has 1 saturated heterocycles. The first-order chi connectivity index (χ1) is 10.2. The lowest BCUT2D eigenvalue weighted by Crippen LogP contribution is -2.33. The third-order valence-electron chi connectivity index (χ3n) is 4.37. The summed E-state index contributed by atoms with van der Waals surface area (Å²) >= 11 is 0. The Morgan fingerprint density at radius 1 is 1.24 bits per heavy atom. The number of piperidine rings is 1. The Morgan fingerprint density at radius 2 is 2.05 bits per heavy atom. The predicted octanol–water partition coefficient (Wildman–Crippen LogP) is 3.70. The Balaban J connectivity index is 1.82. The van der Waals surface area contributed by atoms with Crippen LogP contribution in [0.1, 0.15) is 42.0 Å². The molecule has 21 heavy (non-hydrogen) atoms. The van der Waals surface area contributed by atoms with Crippen LogP contribution in [0.5, 0.6) is 0 Å². The van der Waals surface area contributed by atoms with Crippen molar-refractivity contribution >= 4 is 5.82 Å². The minimum Gasteiger partial charge on any atom is -0.383 e. The first-order valence-corrected chi connectivity index (χ1v) is 7.74. The van der Waals surface area contributed by atoms with Gasteiger partial charge in [0, 0.05) is 18.8 Å². The number of aromatic nitrogens is 1. The lowest BCUT2D eigenvalue weighted by Gasteiger charge is -2.36. The first kappa shape index (κ1) is 14.1. The number of anilines is 1. The molecule has 1 aromatic heterocycles. The molecule has 3 nitrogen and oxygen atoms in total. The van der Waals surface area contributed by atoms with Gasteiger partial charge in [-0.2, -0.15) is 0 Å². The molecule has 0 bridgehead atoms. The molecule has 0 aliphatic carbocycles. The maximum Gasteiger partial charge on any atom is 0.126 e. The summed E-state index contributed by atoms with van der Waals surface area (Å²) in [5.74, 6) is 0.643. The van der Waals surface area contributed by atoms with Crippen molar-refractivity contribution in [1.29, 1.82) is 0 Å². The molecule has 1 aromatic carbocycles. The third kappa shape index (κ3) is 3.24. The number of benzene rings is 1. The normalized spacial score (nSPS) is 19.6. The minimum absolute atomic E-state index is 0.464. The van der Waals surface area contributed by atoms with Gasteiger partial charge in [0.2, 0.25) is 0 Å². The van der Waals surface area contributed by atoms with Gasteiger partial charge in [-0.05, 0) is 49.1 Å². The van der Waals surface area contributed by atoms with Crippen molar-refractivity contribution in [1.82, 2.24) is 9.88 Å². The van der Waals surface area contributed by atoms with Crippen molar-refractivity contribution in [3.8, 4) is 0 Å². The highest BCUT2D eigenvalue weighted by atomic mass is 15.2. The Labute approximate surface area is 126 Å². The summed E-state index contributed by atoms with van der Waals surface area (Å²) in [7, 11) is 0. The van der Waals surface area contributed by atoms with Crippen LogP contribution in [-0.4, -0.2) is 16.4 Å². The van der Waals surface area contributed by atoms with E-state index in [-0.39, 0.29) is 0 Å². The number of rotatable bonds is 3. The second-order valence-corrected chi connectivity index (χ2v) is 5.94. The topological polar surface area (TPSA) is 42.2 Å². The Hall–Kier alpha value is -1.87. The highest BCUT2D eigenvalue weighted by molar-refractivity contribution is 5.40. The van der Waals surface area contributed by atoms with E-state index in [0.29, 0.717) is 11.9 Å². The fraction of sp³-hybridized carbons (Fsp3) is 0.389. The van der Waals surface area contributed by atoms with E-state index in [1.165, 1.54) is 30.4 Å². The van der Waals surface area contributed by atoms with E-state index >= 15 is 0 Å². The van der Waals surface area contributed by atoms with Crippen LogP contribution in [0, 0.1) is 6.92 Å². The number of nitrogen functional groups attached to an aromatic ring is 1. The maximum absolute atomic E-state index is 5.85. The Bertz CT molecular complexity index is 595. The van der Waals surface area contributed by atoms with Crippen LogP contribution in [0.3, 0.4) is 0 Å². The molecule has 0 radical (unpaired) electrons. The number of nitrogens with two attached hydrogens (primary N) is 1. The SMILES string of the molecule is Cc1cc([C@H]2CCCCN2Cc2ccccc2)cnc1N. The minimum atomic E-state index is 0.464. The van der Waals surface area contributed by atoms with Gasteiger partial charge in [0.15, 0.2) is 0 Å². The molecular weight excluding hydrogens is 258 g/mol. The maximum atomic E-state index is 5.85. The summed E-state index contributed by atoms with van der Waals surface area (Å²) in [6, 6.07) is 13.4. The van der Waals surface area contributed by atoms with Crippen molar-refractivity contribution < 1.29 is 0 Å². The molecule has 1 atom stereocenters. The van der Waals surface area contributed by atoms with Gasteiger partial charge in [0.05, 0.1) is 0 Å². The average Bonchev–Trinajstić information content (AvgIpc) is 2.52. The van der Waals surface area contributed by atoms with Crippen LogP contribution >= 0.6 is 0 Å². The summed E-state index contributed by atoms with van der Waals surface area (Å²) in [5, 5.41) is 0. The number of hydrogen-bond acceptors (Lipinski definition) is 3. The Kier molecular flexibility index (Phi) is 4.20. The van der Waals surface area contributed by atoms with Crippen molar-refractivity contribution in [2.45, 2.75) is 38.8 Å². The molecule has 3 heteroatoms. The van der Waals surface area contributed by atoms with Gasteiger partial charge in [-0.15, -0.1) is 0 Å². The van der Waals surface area contributed by atoms with Crippen LogP contribution in [0.4, 0.5) is 5.82 Å². The fourth-order valence-electron chi connectivity index (χ4n) is 3.16. The molecule has 1 aliphatic rings. The molecule has 110 valence electrons. The van der Waals surface area contributed by atoms with E-state index in [0.717, 1.165) is 18.7 Å². The number of aryl methyl sites for hydroxylation is 1. The number of pyridine rings is 1. The summed E-state index contributed by atoms with van der Waals surface area (Å²) in [5.41, 5.74) is 9.62. The monoisotopic (exact) mass is 281 g/mol. The number of likely N-dealkylation sites (tertiary alicyclic amines) is 1. The molecule has 2 N–H and O–H groups in total. The zero-order valence-electron chi connectivity index (χ0n) is 12.6. The van der Waals surface area contributed by atoms with Crippen molar-refractivity contribution in [2.75, 3.05) is 12.3 Å². The van der Waals surface area contributed by atoms with Crippen molar-refractivity contribution in [3.05, 3.63) is 59.3 Å². The molecule has 0 saturated carbocycles. The lowest BCUT2D eigenvalue weighted by molar-refractivity contribution is 0.140. The number of hydrogen-bond donors (Lipinski definition) is 1. The molecule has 0 amide bonds. The first-order valence-electron chi connectivity index (χ1n) is 7.74. The largest absolute Gasteiger partial charge is 0.383 e. The highest BCUT2D eigenvalue weighted by Crippen LogP contribution is 2.32. The van der Waals surface area contributed by atoms with Gasteiger partial charge in [-0.3, -0.25) is 4.90 Å². The van der Waals surface area contributed by atoms with Crippen LogP contribution in [0.15, 0.2) is 42.6 Å².